The molecule has 2 rings (SSSR count). The molecule has 2 fully saturated rings. The highest BCUT2D eigenvalue weighted by atomic mass is 16.4. The summed E-state index contributed by atoms with van der Waals surface area (Å²) in [5.74, 6) is -0.695. The van der Waals surface area contributed by atoms with E-state index in [1.807, 2.05) is 0 Å². The number of hydrogen-bond acceptors (Lipinski definition) is 2. The Morgan fingerprint density at radius 3 is 2.62 bits per heavy atom. The van der Waals surface area contributed by atoms with E-state index in [4.69, 9.17) is 5.11 Å². The summed E-state index contributed by atoms with van der Waals surface area (Å²) in [5, 5.41) is 12.0. The Balaban J connectivity index is 1.76. The van der Waals surface area contributed by atoms with Crippen LogP contribution in [-0.2, 0) is 4.79 Å². The van der Waals surface area contributed by atoms with Crippen molar-refractivity contribution in [2.75, 3.05) is 6.54 Å². The van der Waals surface area contributed by atoms with Crippen LogP contribution in [0.4, 0.5) is 0 Å². The van der Waals surface area contributed by atoms with Crippen LogP contribution in [0, 0.1) is 5.41 Å². The molecule has 0 bridgehead atoms. The molecule has 0 aromatic carbocycles. The summed E-state index contributed by atoms with van der Waals surface area (Å²) >= 11 is 0. The van der Waals surface area contributed by atoms with Crippen molar-refractivity contribution in [3.8, 4) is 0 Å². The number of carboxylic acids is 1. The standard InChI is InChI=1S/C13H23NO2/c15-12(16)5-9-14-11-4-3-8-13(10-11)6-1-2-7-13/h11,14H,1-10H2,(H,15,16). The summed E-state index contributed by atoms with van der Waals surface area (Å²) in [7, 11) is 0. The largest absolute Gasteiger partial charge is 0.481 e. The van der Waals surface area contributed by atoms with Gasteiger partial charge in [0.25, 0.3) is 0 Å². The van der Waals surface area contributed by atoms with Gasteiger partial charge < -0.3 is 10.4 Å². The summed E-state index contributed by atoms with van der Waals surface area (Å²) in [6.45, 7) is 0.635. The average molecular weight is 225 g/mol. The molecule has 2 N–H and O–H groups in total. The van der Waals surface area contributed by atoms with Crippen LogP contribution in [0.25, 0.3) is 0 Å². The highest BCUT2D eigenvalue weighted by molar-refractivity contribution is 5.66. The highest BCUT2D eigenvalue weighted by Crippen LogP contribution is 2.48. The number of aliphatic carboxylic acids is 1. The number of hydrogen-bond donors (Lipinski definition) is 2. The third-order valence-corrected chi connectivity index (χ3v) is 4.38. The van der Waals surface area contributed by atoms with Gasteiger partial charge >= 0.3 is 5.97 Å². The minimum Gasteiger partial charge on any atom is -0.481 e. The lowest BCUT2D eigenvalue weighted by molar-refractivity contribution is -0.136. The molecule has 2 aliphatic rings. The maximum absolute atomic E-state index is 10.5. The van der Waals surface area contributed by atoms with Gasteiger partial charge in [0.2, 0.25) is 0 Å². The van der Waals surface area contributed by atoms with Gasteiger partial charge in [0.1, 0.15) is 0 Å². The van der Waals surface area contributed by atoms with E-state index in [1.165, 1.54) is 51.4 Å². The van der Waals surface area contributed by atoms with Crippen LogP contribution in [0.15, 0.2) is 0 Å². The molecule has 3 nitrogen and oxygen atoms in total. The second kappa shape index (κ2) is 5.17. The van der Waals surface area contributed by atoms with Crippen LogP contribution in [0.1, 0.15) is 57.8 Å². The third-order valence-electron chi connectivity index (χ3n) is 4.38. The summed E-state index contributed by atoms with van der Waals surface area (Å²) in [4.78, 5) is 10.5. The van der Waals surface area contributed by atoms with Crippen molar-refractivity contribution in [3.05, 3.63) is 0 Å². The van der Waals surface area contributed by atoms with Gasteiger partial charge in [-0.1, -0.05) is 19.3 Å². The van der Waals surface area contributed by atoms with Crippen molar-refractivity contribution in [2.24, 2.45) is 5.41 Å². The number of nitrogens with one attached hydrogen (secondary N) is 1. The SMILES string of the molecule is O=C(O)CCNC1CCCC2(CCCC2)C1. The topological polar surface area (TPSA) is 49.3 Å². The first-order chi connectivity index (χ1) is 7.70. The molecule has 0 aromatic rings. The number of carboxylic acid groups (broad SMARTS) is 1. The maximum Gasteiger partial charge on any atom is 0.304 e. The van der Waals surface area contributed by atoms with Gasteiger partial charge in [-0.25, -0.2) is 0 Å². The van der Waals surface area contributed by atoms with Gasteiger partial charge in [0.15, 0.2) is 0 Å². The van der Waals surface area contributed by atoms with Gasteiger partial charge in [-0.2, -0.15) is 0 Å². The molecule has 3 heteroatoms. The van der Waals surface area contributed by atoms with Crippen LogP contribution in [0.3, 0.4) is 0 Å². The molecule has 0 radical (unpaired) electrons. The summed E-state index contributed by atoms with van der Waals surface area (Å²) < 4.78 is 0. The van der Waals surface area contributed by atoms with Gasteiger partial charge in [-0.15, -0.1) is 0 Å². The molecule has 92 valence electrons. The Labute approximate surface area is 97.6 Å². The van der Waals surface area contributed by atoms with Gasteiger partial charge in [0, 0.05) is 12.6 Å². The second-order valence-corrected chi connectivity index (χ2v) is 5.60. The van der Waals surface area contributed by atoms with Crippen molar-refractivity contribution in [2.45, 2.75) is 63.8 Å². The zero-order chi connectivity index (χ0) is 11.4. The molecule has 0 saturated heterocycles. The minimum absolute atomic E-state index is 0.253. The molecule has 1 spiro atoms. The summed E-state index contributed by atoms with van der Waals surface area (Å²) in [6.07, 6.45) is 11.1. The molecule has 0 heterocycles. The van der Waals surface area contributed by atoms with Crippen LogP contribution < -0.4 is 5.32 Å². The molecule has 0 amide bonds. The van der Waals surface area contributed by atoms with E-state index >= 15 is 0 Å². The summed E-state index contributed by atoms with van der Waals surface area (Å²) in [6, 6.07) is 0.575. The predicted molar refractivity (Wildman–Crippen MR) is 63.4 cm³/mol. The third kappa shape index (κ3) is 2.97. The minimum atomic E-state index is -0.695. The van der Waals surface area contributed by atoms with Gasteiger partial charge in [-0.3, -0.25) is 4.79 Å². The van der Waals surface area contributed by atoms with Gasteiger partial charge in [-0.05, 0) is 37.5 Å². The van der Waals surface area contributed by atoms with E-state index in [0.717, 1.165) is 0 Å². The molecular formula is C13H23NO2. The first-order valence-electron chi connectivity index (χ1n) is 6.65. The normalized spacial score (nSPS) is 28.4. The van der Waals surface area contributed by atoms with E-state index in [1.54, 1.807) is 0 Å². The van der Waals surface area contributed by atoms with Crippen LogP contribution in [0.2, 0.25) is 0 Å². The average Bonchev–Trinajstić information content (AvgIpc) is 2.66. The number of rotatable bonds is 4. The van der Waals surface area contributed by atoms with Crippen molar-refractivity contribution in [1.29, 1.82) is 0 Å². The van der Waals surface area contributed by atoms with Crippen LogP contribution in [0.5, 0.6) is 0 Å². The maximum atomic E-state index is 10.5. The monoisotopic (exact) mass is 225 g/mol. The van der Waals surface area contributed by atoms with E-state index in [9.17, 15) is 4.79 Å². The van der Waals surface area contributed by atoms with E-state index in [2.05, 4.69) is 5.32 Å². The van der Waals surface area contributed by atoms with E-state index in [-0.39, 0.29) is 6.42 Å². The first-order valence-corrected chi connectivity index (χ1v) is 6.65. The lowest BCUT2D eigenvalue weighted by atomic mass is 9.71. The quantitative estimate of drug-likeness (QED) is 0.773. The van der Waals surface area contributed by atoms with Crippen LogP contribution >= 0.6 is 0 Å². The van der Waals surface area contributed by atoms with Crippen LogP contribution in [-0.4, -0.2) is 23.7 Å². The molecule has 2 aliphatic carbocycles. The predicted octanol–water partition coefficient (Wildman–Crippen LogP) is 2.55. The fourth-order valence-corrected chi connectivity index (χ4v) is 3.59. The molecule has 16 heavy (non-hydrogen) atoms. The first kappa shape index (κ1) is 11.9. The molecule has 0 aliphatic heterocycles. The number of carbonyl (C=O) groups is 1. The molecule has 1 unspecified atom stereocenters. The Morgan fingerprint density at radius 2 is 1.94 bits per heavy atom. The lowest BCUT2D eigenvalue weighted by Gasteiger charge is -2.38. The van der Waals surface area contributed by atoms with Crippen molar-refractivity contribution in [1.82, 2.24) is 5.32 Å². The van der Waals surface area contributed by atoms with E-state index < -0.39 is 5.97 Å². The van der Waals surface area contributed by atoms with E-state index in [0.29, 0.717) is 18.0 Å². The fourth-order valence-electron chi connectivity index (χ4n) is 3.59. The lowest BCUT2D eigenvalue weighted by Crippen LogP contribution is -2.39. The fraction of sp³-hybridized carbons (Fsp3) is 0.923. The van der Waals surface area contributed by atoms with Crippen molar-refractivity contribution < 1.29 is 9.90 Å². The Morgan fingerprint density at radius 1 is 1.25 bits per heavy atom. The molecule has 2 saturated carbocycles. The smallest absolute Gasteiger partial charge is 0.304 e. The molecular weight excluding hydrogens is 202 g/mol. The van der Waals surface area contributed by atoms with Crippen molar-refractivity contribution >= 4 is 5.97 Å². The Kier molecular flexibility index (Phi) is 3.85. The Bertz CT molecular complexity index is 246. The van der Waals surface area contributed by atoms with Crippen molar-refractivity contribution in [3.63, 3.8) is 0 Å². The molecule has 1 atom stereocenters. The molecule has 0 aromatic heterocycles. The zero-order valence-corrected chi connectivity index (χ0v) is 10.0. The zero-order valence-electron chi connectivity index (χ0n) is 10.0. The second-order valence-electron chi connectivity index (χ2n) is 5.60. The summed E-state index contributed by atoms with van der Waals surface area (Å²) in [5.41, 5.74) is 0.624. The highest BCUT2D eigenvalue weighted by Gasteiger charge is 2.38. The Hall–Kier alpha value is -0.570. The van der Waals surface area contributed by atoms with Gasteiger partial charge in [0.05, 0.1) is 6.42 Å².